The van der Waals surface area contributed by atoms with E-state index < -0.39 is 10.0 Å². The second-order valence-electron chi connectivity index (χ2n) is 6.02. The molecule has 3 aromatic rings. The highest BCUT2D eigenvalue weighted by Crippen LogP contribution is 2.21. The quantitative estimate of drug-likeness (QED) is 0.733. The summed E-state index contributed by atoms with van der Waals surface area (Å²) in [6, 6.07) is 13.7. The lowest BCUT2D eigenvalue weighted by Crippen LogP contribution is -2.20. The van der Waals surface area contributed by atoms with Gasteiger partial charge in [0, 0.05) is 10.9 Å². The minimum absolute atomic E-state index is 0.141. The smallest absolute Gasteiger partial charge is 0.263 e. The molecule has 0 radical (unpaired) electrons. The van der Waals surface area contributed by atoms with E-state index >= 15 is 0 Å². The summed E-state index contributed by atoms with van der Waals surface area (Å²) < 4.78 is 27.9. The van der Waals surface area contributed by atoms with Crippen LogP contribution in [0.1, 0.15) is 24.5 Å². The van der Waals surface area contributed by atoms with E-state index in [4.69, 9.17) is 0 Å². The molecule has 0 unspecified atom stereocenters. The van der Waals surface area contributed by atoms with Crippen LogP contribution in [0.15, 0.2) is 58.2 Å². The largest absolute Gasteiger partial charge is 0.340 e. The molecule has 0 saturated heterocycles. The minimum atomic E-state index is -3.78. The number of hydrogen-bond donors (Lipinski definition) is 2. The van der Waals surface area contributed by atoms with E-state index in [0.29, 0.717) is 22.9 Å². The Hall–Kier alpha value is -2.60. The number of benzene rings is 2. The summed E-state index contributed by atoms with van der Waals surface area (Å²) in [4.78, 5) is 16.0. The van der Waals surface area contributed by atoms with Crippen molar-refractivity contribution in [1.29, 1.82) is 0 Å². The monoisotopic (exact) mass is 356 g/mol. The van der Waals surface area contributed by atoms with Gasteiger partial charge in [0.15, 0.2) is 5.43 Å². The fourth-order valence-electron chi connectivity index (χ4n) is 2.76. The average molecular weight is 356 g/mol. The van der Waals surface area contributed by atoms with Crippen LogP contribution >= 0.6 is 0 Å². The second kappa shape index (κ2) is 6.72. The molecule has 0 atom stereocenters. The molecule has 0 aliphatic carbocycles. The van der Waals surface area contributed by atoms with E-state index in [9.17, 15) is 13.2 Å². The van der Waals surface area contributed by atoms with Gasteiger partial charge in [-0.15, -0.1) is 0 Å². The summed E-state index contributed by atoms with van der Waals surface area (Å²) in [6.45, 7) is 3.84. The van der Waals surface area contributed by atoms with Gasteiger partial charge in [-0.1, -0.05) is 43.2 Å². The highest BCUT2D eigenvalue weighted by molar-refractivity contribution is 7.92. The van der Waals surface area contributed by atoms with E-state index in [2.05, 4.69) is 9.71 Å². The molecule has 0 amide bonds. The first-order valence-electron chi connectivity index (χ1n) is 8.16. The lowest BCUT2D eigenvalue weighted by atomic mass is 10.1. The zero-order valence-corrected chi connectivity index (χ0v) is 15.0. The number of H-pyrrole nitrogens is 1. The van der Waals surface area contributed by atoms with Crippen molar-refractivity contribution in [2.75, 3.05) is 4.72 Å². The number of aryl methyl sites for hydroxylation is 1. The van der Waals surface area contributed by atoms with Gasteiger partial charge in [-0.05, 0) is 37.6 Å². The SMILES string of the molecule is CCCc1c(NS(=O)(=O)c2ccc(C)cc2)[nH]c2ccccc2c1=O. The van der Waals surface area contributed by atoms with Crippen molar-refractivity contribution >= 4 is 26.7 Å². The normalized spacial score (nSPS) is 11.6. The molecule has 2 N–H and O–H groups in total. The molecule has 0 aliphatic heterocycles. The van der Waals surface area contributed by atoms with Gasteiger partial charge in [0.1, 0.15) is 5.82 Å². The highest BCUT2D eigenvalue weighted by Gasteiger charge is 2.19. The van der Waals surface area contributed by atoms with Crippen LogP contribution in [0.2, 0.25) is 0 Å². The molecule has 0 aliphatic rings. The van der Waals surface area contributed by atoms with Crippen molar-refractivity contribution in [2.45, 2.75) is 31.6 Å². The molecule has 1 aromatic heterocycles. The molecule has 130 valence electrons. The van der Waals surface area contributed by atoms with Crippen LogP contribution in [0.25, 0.3) is 10.9 Å². The van der Waals surface area contributed by atoms with Crippen LogP contribution in [-0.2, 0) is 16.4 Å². The molecular formula is C19H20N2O3S. The fraction of sp³-hybridized carbons (Fsp3) is 0.211. The summed E-state index contributed by atoms with van der Waals surface area (Å²) in [5, 5.41) is 0.559. The van der Waals surface area contributed by atoms with E-state index in [1.807, 2.05) is 13.8 Å². The average Bonchev–Trinajstić information content (AvgIpc) is 2.58. The van der Waals surface area contributed by atoms with Gasteiger partial charge in [0.05, 0.1) is 10.4 Å². The standard InChI is InChI=1S/C19H20N2O3S/c1-3-6-16-18(22)15-7-4-5-8-17(15)20-19(16)21-25(23,24)14-11-9-13(2)10-12-14/h4-5,7-12H,3,6H2,1-2H3,(H2,20,21,22). The lowest BCUT2D eigenvalue weighted by molar-refractivity contribution is 0.601. The van der Waals surface area contributed by atoms with Crippen molar-refractivity contribution < 1.29 is 8.42 Å². The third kappa shape index (κ3) is 3.44. The van der Waals surface area contributed by atoms with Crippen LogP contribution in [-0.4, -0.2) is 13.4 Å². The Labute approximate surface area is 146 Å². The van der Waals surface area contributed by atoms with Gasteiger partial charge >= 0.3 is 0 Å². The predicted molar refractivity (Wildman–Crippen MR) is 101 cm³/mol. The van der Waals surface area contributed by atoms with Crippen LogP contribution in [0.3, 0.4) is 0 Å². The molecular weight excluding hydrogens is 336 g/mol. The molecule has 0 fully saturated rings. The Morgan fingerprint density at radius 3 is 2.40 bits per heavy atom. The van der Waals surface area contributed by atoms with Crippen LogP contribution < -0.4 is 10.2 Å². The second-order valence-corrected chi connectivity index (χ2v) is 7.70. The number of anilines is 1. The van der Waals surface area contributed by atoms with Crippen molar-refractivity contribution in [2.24, 2.45) is 0 Å². The van der Waals surface area contributed by atoms with Gasteiger partial charge in [0.2, 0.25) is 0 Å². The molecule has 3 rings (SSSR count). The maximum atomic E-state index is 12.8. The van der Waals surface area contributed by atoms with Gasteiger partial charge in [-0.25, -0.2) is 8.42 Å². The number of rotatable bonds is 5. The number of aromatic amines is 1. The maximum absolute atomic E-state index is 12.8. The van der Waals surface area contributed by atoms with Crippen molar-refractivity contribution in [3.63, 3.8) is 0 Å². The summed E-state index contributed by atoms with van der Waals surface area (Å²) in [6.07, 6.45) is 1.23. The van der Waals surface area contributed by atoms with Gasteiger partial charge in [-0.2, -0.15) is 0 Å². The van der Waals surface area contributed by atoms with Crippen molar-refractivity contribution in [3.05, 3.63) is 69.9 Å². The fourth-order valence-corrected chi connectivity index (χ4v) is 3.82. The summed E-state index contributed by atoms with van der Waals surface area (Å²) in [7, 11) is -3.78. The Kier molecular flexibility index (Phi) is 4.63. The summed E-state index contributed by atoms with van der Waals surface area (Å²) in [5.41, 5.74) is 1.90. The number of sulfonamides is 1. The van der Waals surface area contributed by atoms with E-state index in [-0.39, 0.29) is 16.1 Å². The highest BCUT2D eigenvalue weighted by atomic mass is 32.2. The summed E-state index contributed by atoms with van der Waals surface area (Å²) >= 11 is 0. The lowest BCUT2D eigenvalue weighted by Gasteiger charge is -2.13. The van der Waals surface area contributed by atoms with Crippen LogP contribution in [0, 0.1) is 6.92 Å². The van der Waals surface area contributed by atoms with Gasteiger partial charge in [0.25, 0.3) is 10.0 Å². The molecule has 0 saturated carbocycles. The number of hydrogen-bond acceptors (Lipinski definition) is 3. The zero-order chi connectivity index (χ0) is 18.0. The Bertz CT molecular complexity index is 1070. The Balaban J connectivity index is 2.12. The number of aromatic nitrogens is 1. The van der Waals surface area contributed by atoms with Gasteiger partial charge < -0.3 is 4.98 Å². The number of pyridine rings is 1. The first-order chi connectivity index (χ1) is 11.9. The van der Waals surface area contributed by atoms with E-state index in [1.54, 1.807) is 48.5 Å². The first kappa shape index (κ1) is 17.2. The molecule has 5 nitrogen and oxygen atoms in total. The molecule has 25 heavy (non-hydrogen) atoms. The topological polar surface area (TPSA) is 79.0 Å². The Morgan fingerprint density at radius 2 is 1.72 bits per heavy atom. The first-order valence-corrected chi connectivity index (χ1v) is 9.64. The number of nitrogens with one attached hydrogen (secondary N) is 2. The van der Waals surface area contributed by atoms with Crippen LogP contribution in [0.4, 0.5) is 5.82 Å². The predicted octanol–water partition coefficient (Wildman–Crippen LogP) is 3.59. The molecule has 1 heterocycles. The number of fused-ring (bicyclic) bond motifs is 1. The van der Waals surface area contributed by atoms with E-state index in [1.165, 1.54) is 0 Å². The van der Waals surface area contributed by atoms with E-state index in [0.717, 1.165) is 12.0 Å². The molecule has 6 heteroatoms. The third-order valence-electron chi connectivity index (χ3n) is 4.07. The summed E-state index contributed by atoms with van der Waals surface area (Å²) in [5.74, 6) is 0.242. The van der Waals surface area contributed by atoms with Crippen molar-refractivity contribution in [1.82, 2.24) is 4.98 Å². The molecule has 0 bridgehead atoms. The molecule has 2 aromatic carbocycles. The maximum Gasteiger partial charge on any atom is 0.263 e. The molecule has 0 spiro atoms. The van der Waals surface area contributed by atoms with Gasteiger partial charge in [-0.3, -0.25) is 9.52 Å². The van der Waals surface area contributed by atoms with Crippen LogP contribution in [0.5, 0.6) is 0 Å². The minimum Gasteiger partial charge on any atom is -0.340 e. The zero-order valence-electron chi connectivity index (χ0n) is 14.2. The Morgan fingerprint density at radius 1 is 1.04 bits per heavy atom. The van der Waals surface area contributed by atoms with Crippen molar-refractivity contribution in [3.8, 4) is 0 Å². The number of para-hydroxylation sites is 1. The third-order valence-corrected chi connectivity index (χ3v) is 5.44.